The topological polar surface area (TPSA) is 45.4 Å². The molecule has 0 amide bonds. The summed E-state index contributed by atoms with van der Waals surface area (Å²) in [6, 6.07) is 34.9. The van der Waals surface area contributed by atoms with E-state index in [0.29, 0.717) is 5.46 Å². The highest BCUT2D eigenvalue weighted by Crippen LogP contribution is 2.29. The van der Waals surface area contributed by atoms with Gasteiger partial charge in [0.2, 0.25) is 0 Å². The summed E-state index contributed by atoms with van der Waals surface area (Å²) < 4.78 is 2.31. The second-order valence-corrected chi connectivity index (χ2v) is 8.42. The Balaban J connectivity index is 0.000000700. The number of aromatic nitrogens is 1. The molecule has 1 heterocycles. The molecule has 0 fully saturated rings. The molecule has 3 nitrogen and oxygen atoms in total. The van der Waals surface area contributed by atoms with Crippen LogP contribution in [0, 0.1) is 0 Å². The zero-order valence-corrected chi connectivity index (χ0v) is 24.2. The third kappa shape index (κ3) is 7.83. The van der Waals surface area contributed by atoms with E-state index in [1.807, 2.05) is 77.1 Å². The molecular formula is C35H42BNO2. The van der Waals surface area contributed by atoms with E-state index in [1.165, 1.54) is 16.6 Å². The Morgan fingerprint density at radius 1 is 0.692 bits per heavy atom. The maximum Gasteiger partial charge on any atom is 0.488 e. The van der Waals surface area contributed by atoms with Crippen LogP contribution in [0.4, 0.5) is 0 Å². The number of rotatable bonds is 5. The molecule has 5 aromatic rings. The van der Waals surface area contributed by atoms with E-state index in [9.17, 15) is 10.0 Å². The van der Waals surface area contributed by atoms with Gasteiger partial charge in [0.05, 0.1) is 5.52 Å². The monoisotopic (exact) mass is 519 g/mol. The van der Waals surface area contributed by atoms with Crippen molar-refractivity contribution in [2.75, 3.05) is 0 Å². The lowest BCUT2D eigenvalue weighted by atomic mass is 9.77. The molecule has 1 aromatic heterocycles. The van der Waals surface area contributed by atoms with Gasteiger partial charge in [-0.2, -0.15) is 0 Å². The molecule has 0 aliphatic carbocycles. The van der Waals surface area contributed by atoms with Gasteiger partial charge in [0.25, 0.3) is 0 Å². The molecule has 0 aliphatic rings. The van der Waals surface area contributed by atoms with Crippen LogP contribution >= 0.6 is 0 Å². The Hall–Kier alpha value is -3.86. The van der Waals surface area contributed by atoms with Gasteiger partial charge in [-0.1, -0.05) is 113 Å². The molecule has 0 saturated carbocycles. The lowest BCUT2D eigenvalue weighted by molar-refractivity contribution is 0.426. The van der Waals surface area contributed by atoms with Gasteiger partial charge in [0, 0.05) is 16.8 Å². The number of fused-ring (bicyclic) bond motifs is 1. The maximum absolute atomic E-state index is 9.85. The summed E-state index contributed by atoms with van der Waals surface area (Å²) in [5.41, 5.74) is 8.06. The summed E-state index contributed by atoms with van der Waals surface area (Å²) in [5.74, 6) is 0. The van der Waals surface area contributed by atoms with Crippen LogP contribution in [-0.2, 0) is 6.42 Å². The van der Waals surface area contributed by atoms with Crippen LogP contribution in [0.2, 0.25) is 0 Å². The Morgan fingerprint density at radius 3 is 1.74 bits per heavy atom. The van der Waals surface area contributed by atoms with Crippen molar-refractivity contribution >= 4 is 23.5 Å². The SMILES string of the molecule is C=CC.CC.CC.CCc1cc2ccccc2n1-c1ccc(-c2cc(B(O)O)cc(-c3ccccc3)c2)cc1. The largest absolute Gasteiger partial charge is 0.488 e. The molecule has 0 spiro atoms. The Bertz CT molecular complexity index is 1420. The fraction of sp³-hybridized carbons (Fsp3) is 0.200. The summed E-state index contributed by atoms with van der Waals surface area (Å²) in [6.45, 7) is 15.4. The number of benzene rings is 4. The van der Waals surface area contributed by atoms with Crippen molar-refractivity contribution in [3.63, 3.8) is 0 Å². The lowest BCUT2D eigenvalue weighted by Gasteiger charge is -2.13. The van der Waals surface area contributed by atoms with E-state index in [0.717, 1.165) is 34.4 Å². The first kappa shape index (κ1) is 31.4. The lowest BCUT2D eigenvalue weighted by Crippen LogP contribution is -2.29. The zero-order chi connectivity index (χ0) is 28.8. The molecule has 0 atom stereocenters. The van der Waals surface area contributed by atoms with Crippen LogP contribution in [0.15, 0.2) is 116 Å². The van der Waals surface area contributed by atoms with Gasteiger partial charge in [0.1, 0.15) is 0 Å². The number of hydrogen-bond acceptors (Lipinski definition) is 2. The van der Waals surface area contributed by atoms with E-state index in [-0.39, 0.29) is 0 Å². The molecule has 0 radical (unpaired) electrons. The quantitative estimate of drug-likeness (QED) is 0.181. The van der Waals surface area contributed by atoms with Crippen LogP contribution in [-0.4, -0.2) is 21.7 Å². The van der Waals surface area contributed by atoms with E-state index >= 15 is 0 Å². The van der Waals surface area contributed by atoms with E-state index < -0.39 is 7.12 Å². The predicted molar refractivity (Wildman–Crippen MR) is 172 cm³/mol. The van der Waals surface area contributed by atoms with Crippen molar-refractivity contribution in [1.29, 1.82) is 0 Å². The maximum atomic E-state index is 9.85. The summed E-state index contributed by atoms with van der Waals surface area (Å²) in [4.78, 5) is 0. The molecule has 4 aromatic carbocycles. The summed E-state index contributed by atoms with van der Waals surface area (Å²) in [7, 11) is -1.52. The minimum atomic E-state index is -1.52. The average molecular weight is 520 g/mol. The number of nitrogens with zero attached hydrogens (tertiary/aromatic N) is 1. The highest BCUT2D eigenvalue weighted by atomic mass is 16.4. The molecule has 4 heteroatoms. The van der Waals surface area contributed by atoms with Crippen LogP contribution in [0.5, 0.6) is 0 Å². The highest BCUT2D eigenvalue weighted by Gasteiger charge is 2.15. The molecular weight excluding hydrogens is 477 g/mol. The second kappa shape index (κ2) is 16.2. The smallest absolute Gasteiger partial charge is 0.423 e. The van der Waals surface area contributed by atoms with Gasteiger partial charge >= 0.3 is 7.12 Å². The molecule has 0 saturated heterocycles. The number of hydrogen-bond donors (Lipinski definition) is 2. The van der Waals surface area contributed by atoms with Crippen molar-refractivity contribution in [1.82, 2.24) is 4.57 Å². The van der Waals surface area contributed by atoms with Gasteiger partial charge < -0.3 is 14.6 Å². The molecule has 0 unspecified atom stereocenters. The number of aryl methyl sites for hydroxylation is 1. The van der Waals surface area contributed by atoms with Crippen LogP contribution in [0.25, 0.3) is 38.8 Å². The fourth-order valence-corrected chi connectivity index (χ4v) is 4.34. The van der Waals surface area contributed by atoms with Crippen molar-refractivity contribution in [2.24, 2.45) is 0 Å². The van der Waals surface area contributed by atoms with Gasteiger partial charge in [-0.25, -0.2) is 0 Å². The van der Waals surface area contributed by atoms with E-state index in [2.05, 4.69) is 78.7 Å². The van der Waals surface area contributed by atoms with Crippen molar-refractivity contribution in [2.45, 2.75) is 48.0 Å². The molecule has 5 rings (SSSR count). The first-order valence-electron chi connectivity index (χ1n) is 13.9. The summed E-state index contributed by atoms with van der Waals surface area (Å²) in [5, 5.41) is 20.9. The Labute approximate surface area is 235 Å². The number of allylic oxidation sites excluding steroid dienone is 1. The first-order valence-corrected chi connectivity index (χ1v) is 13.9. The summed E-state index contributed by atoms with van der Waals surface area (Å²) in [6.07, 6.45) is 2.70. The molecule has 0 bridgehead atoms. The molecule has 39 heavy (non-hydrogen) atoms. The van der Waals surface area contributed by atoms with Crippen LogP contribution in [0.1, 0.15) is 47.2 Å². The van der Waals surface area contributed by atoms with Gasteiger partial charge in [-0.05, 0) is 71.4 Å². The second-order valence-electron chi connectivity index (χ2n) is 8.42. The van der Waals surface area contributed by atoms with Crippen molar-refractivity contribution in [3.8, 4) is 27.9 Å². The number of para-hydroxylation sites is 1. The molecule has 202 valence electrons. The minimum absolute atomic E-state index is 0.482. The van der Waals surface area contributed by atoms with Gasteiger partial charge in [-0.15, -0.1) is 6.58 Å². The van der Waals surface area contributed by atoms with Gasteiger partial charge in [0.15, 0.2) is 0 Å². The molecule has 2 N–H and O–H groups in total. The first-order chi connectivity index (χ1) is 19.0. The molecule has 0 aliphatic heterocycles. The van der Waals surface area contributed by atoms with Crippen molar-refractivity contribution in [3.05, 3.63) is 121 Å². The van der Waals surface area contributed by atoms with Crippen LogP contribution < -0.4 is 5.46 Å². The highest BCUT2D eigenvalue weighted by molar-refractivity contribution is 6.58. The Kier molecular flexibility index (Phi) is 13.0. The third-order valence-electron chi connectivity index (χ3n) is 5.97. The van der Waals surface area contributed by atoms with Gasteiger partial charge in [-0.3, -0.25) is 0 Å². The Morgan fingerprint density at radius 2 is 1.21 bits per heavy atom. The third-order valence-corrected chi connectivity index (χ3v) is 5.97. The standard InChI is InChI=1S/C28H24BNO2.C3H6.2C2H6/c1-2-26-19-22-10-6-7-11-28(22)30(26)27-14-12-21(13-15-27)24-16-23(17-25(18-24)29(31)32)20-8-4-3-5-9-20;1-3-2;2*1-2/h3-19,31-32H,2H2,1H3;3H,1H2,2H3;2*1-2H3. The average Bonchev–Trinajstić information content (AvgIpc) is 3.39. The zero-order valence-electron chi connectivity index (χ0n) is 24.2. The normalized spacial score (nSPS) is 9.74. The van der Waals surface area contributed by atoms with E-state index in [4.69, 9.17) is 0 Å². The fourth-order valence-electron chi connectivity index (χ4n) is 4.34. The van der Waals surface area contributed by atoms with E-state index in [1.54, 1.807) is 6.08 Å². The summed E-state index contributed by atoms with van der Waals surface area (Å²) >= 11 is 0. The predicted octanol–water partition coefficient (Wildman–Crippen LogP) is 8.45. The minimum Gasteiger partial charge on any atom is -0.423 e. The van der Waals surface area contributed by atoms with Crippen LogP contribution in [0.3, 0.4) is 0 Å². The van der Waals surface area contributed by atoms with Crippen molar-refractivity contribution < 1.29 is 10.0 Å².